The van der Waals surface area contributed by atoms with E-state index in [0.29, 0.717) is 22.6 Å². The van der Waals surface area contributed by atoms with Crippen LogP contribution in [-0.2, 0) is 21.7 Å². The summed E-state index contributed by atoms with van der Waals surface area (Å²) in [7, 11) is 3.05. The van der Waals surface area contributed by atoms with Crippen LogP contribution in [0.1, 0.15) is 23.6 Å². The van der Waals surface area contributed by atoms with Crippen molar-refractivity contribution in [2.45, 2.75) is 19.0 Å². The van der Waals surface area contributed by atoms with Gasteiger partial charge >= 0.3 is 6.03 Å². The fourth-order valence-corrected chi connectivity index (χ4v) is 3.31. The molecular formula is C22H22N4O5. The maximum atomic E-state index is 12.9. The molecule has 1 aliphatic rings. The monoisotopic (exact) mass is 422 g/mol. The van der Waals surface area contributed by atoms with Crippen molar-refractivity contribution >= 4 is 17.8 Å². The van der Waals surface area contributed by atoms with Gasteiger partial charge < -0.3 is 20.1 Å². The van der Waals surface area contributed by atoms with Gasteiger partial charge in [-0.05, 0) is 42.3 Å². The van der Waals surface area contributed by atoms with Crippen molar-refractivity contribution in [1.82, 2.24) is 15.5 Å². The number of rotatable bonds is 7. The van der Waals surface area contributed by atoms with Gasteiger partial charge in [0.15, 0.2) is 11.5 Å². The molecule has 1 saturated heterocycles. The second-order valence-corrected chi connectivity index (χ2v) is 7.10. The van der Waals surface area contributed by atoms with Gasteiger partial charge in [-0.2, -0.15) is 5.26 Å². The molecule has 31 heavy (non-hydrogen) atoms. The van der Waals surface area contributed by atoms with Crippen molar-refractivity contribution in [3.05, 3.63) is 59.2 Å². The lowest BCUT2D eigenvalue weighted by Crippen LogP contribution is -2.43. The van der Waals surface area contributed by atoms with Gasteiger partial charge in [0.05, 0.1) is 25.9 Å². The third-order valence-electron chi connectivity index (χ3n) is 5.11. The molecular weight excluding hydrogens is 400 g/mol. The van der Waals surface area contributed by atoms with Crippen LogP contribution in [0.25, 0.3) is 0 Å². The standard InChI is InChI=1S/C22H22N4O5/c1-22(16-7-4-14(11-23)5-8-16)20(28)26(21(29)25-22)13-19(27)24-12-15-6-9-17(30-2)18(10-15)31-3/h4-10H,12-13H2,1-3H3,(H,24,27)(H,25,29)/t22-/m1/s1. The molecule has 0 bridgehead atoms. The summed E-state index contributed by atoms with van der Waals surface area (Å²) in [5.41, 5.74) is 0.425. The van der Waals surface area contributed by atoms with E-state index in [1.807, 2.05) is 6.07 Å². The quantitative estimate of drug-likeness (QED) is 0.655. The first-order valence-electron chi connectivity index (χ1n) is 9.44. The van der Waals surface area contributed by atoms with Gasteiger partial charge in [0.1, 0.15) is 12.1 Å². The minimum atomic E-state index is -1.31. The highest BCUT2D eigenvalue weighted by Crippen LogP contribution is 2.29. The third-order valence-corrected chi connectivity index (χ3v) is 5.11. The number of nitriles is 1. The van der Waals surface area contributed by atoms with Crippen LogP contribution in [0.3, 0.4) is 0 Å². The molecule has 1 heterocycles. The number of ether oxygens (including phenoxy) is 2. The molecule has 0 spiro atoms. The van der Waals surface area contributed by atoms with E-state index in [1.54, 1.807) is 49.4 Å². The minimum Gasteiger partial charge on any atom is -0.493 e. The van der Waals surface area contributed by atoms with E-state index in [9.17, 15) is 14.4 Å². The zero-order chi connectivity index (χ0) is 22.6. The Balaban J connectivity index is 1.65. The van der Waals surface area contributed by atoms with Crippen LogP contribution in [0.15, 0.2) is 42.5 Å². The van der Waals surface area contributed by atoms with Gasteiger partial charge in [0.25, 0.3) is 5.91 Å². The van der Waals surface area contributed by atoms with Crippen LogP contribution in [-0.4, -0.2) is 43.5 Å². The van der Waals surface area contributed by atoms with E-state index in [4.69, 9.17) is 14.7 Å². The van der Waals surface area contributed by atoms with Gasteiger partial charge in [-0.15, -0.1) is 0 Å². The van der Waals surface area contributed by atoms with Gasteiger partial charge in [0, 0.05) is 6.54 Å². The lowest BCUT2D eigenvalue weighted by Gasteiger charge is -2.22. The summed E-state index contributed by atoms with van der Waals surface area (Å²) in [6.07, 6.45) is 0. The van der Waals surface area contributed by atoms with Crippen LogP contribution in [0, 0.1) is 11.3 Å². The van der Waals surface area contributed by atoms with Crippen molar-refractivity contribution in [3.63, 3.8) is 0 Å². The summed E-state index contributed by atoms with van der Waals surface area (Å²) in [6, 6.07) is 12.9. The molecule has 4 amide bonds. The second-order valence-electron chi connectivity index (χ2n) is 7.10. The maximum absolute atomic E-state index is 12.9. The van der Waals surface area contributed by atoms with Gasteiger partial charge in [-0.3, -0.25) is 14.5 Å². The topological polar surface area (TPSA) is 121 Å². The normalized spacial score (nSPS) is 17.7. The van der Waals surface area contributed by atoms with Gasteiger partial charge in [-0.1, -0.05) is 18.2 Å². The third kappa shape index (κ3) is 4.28. The van der Waals surface area contributed by atoms with Crippen LogP contribution in [0.4, 0.5) is 4.79 Å². The molecule has 9 heteroatoms. The molecule has 2 aromatic carbocycles. The second kappa shape index (κ2) is 8.75. The number of hydrogen-bond acceptors (Lipinski definition) is 6. The summed E-state index contributed by atoms with van der Waals surface area (Å²) in [5.74, 6) is 0.0753. The summed E-state index contributed by atoms with van der Waals surface area (Å²) >= 11 is 0. The van der Waals surface area contributed by atoms with E-state index < -0.39 is 29.9 Å². The average molecular weight is 422 g/mol. The number of imide groups is 1. The SMILES string of the molecule is COc1ccc(CNC(=O)CN2C(=O)N[C@](C)(c3ccc(C#N)cc3)C2=O)cc1OC. The fraction of sp³-hybridized carbons (Fsp3) is 0.273. The van der Waals surface area contributed by atoms with Crippen LogP contribution >= 0.6 is 0 Å². The lowest BCUT2D eigenvalue weighted by atomic mass is 9.91. The highest BCUT2D eigenvalue weighted by Gasteiger charge is 2.49. The first kappa shape index (κ1) is 21.6. The minimum absolute atomic E-state index is 0.190. The zero-order valence-corrected chi connectivity index (χ0v) is 17.4. The molecule has 1 aliphatic heterocycles. The molecule has 3 rings (SSSR count). The molecule has 0 radical (unpaired) electrons. The predicted octanol–water partition coefficient (Wildman–Crippen LogP) is 1.66. The van der Waals surface area contributed by atoms with Crippen molar-refractivity contribution < 1.29 is 23.9 Å². The van der Waals surface area contributed by atoms with E-state index >= 15 is 0 Å². The summed E-state index contributed by atoms with van der Waals surface area (Å²) in [4.78, 5) is 38.6. The van der Waals surface area contributed by atoms with Crippen molar-refractivity contribution in [1.29, 1.82) is 5.26 Å². The number of urea groups is 1. The van der Waals surface area contributed by atoms with Gasteiger partial charge in [-0.25, -0.2) is 4.79 Å². The first-order chi connectivity index (χ1) is 14.8. The summed E-state index contributed by atoms with van der Waals surface area (Å²) in [6.45, 7) is 1.34. The Morgan fingerprint density at radius 3 is 2.42 bits per heavy atom. The zero-order valence-electron chi connectivity index (χ0n) is 17.4. The average Bonchev–Trinajstić information content (AvgIpc) is 3.01. The molecule has 0 saturated carbocycles. The Bertz CT molecular complexity index is 1060. The maximum Gasteiger partial charge on any atom is 0.325 e. The highest BCUT2D eigenvalue weighted by molar-refractivity contribution is 6.09. The molecule has 2 N–H and O–H groups in total. The Kier molecular flexibility index (Phi) is 6.11. The molecule has 0 unspecified atom stereocenters. The van der Waals surface area contributed by atoms with Crippen LogP contribution in [0.5, 0.6) is 11.5 Å². The molecule has 1 fully saturated rings. The Morgan fingerprint density at radius 2 is 1.81 bits per heavy atom. The molecule has 0 aromatic heterocycles. The number of carbonyl (C=O) groups is 3. The predicted molar refractivity (Wildman–Crippen MR) is 110 cm³/mol. The number of amides is 4. The molecule has 1 atom stereocenters. The van der Waals surface area contributed by atoms with E-state index in [1.165, 1.54) is 14.2 Å². The smallest absolute Gasteiger partial charge is 0.325 e. The molecule has 2 aromatic rings. The Labute approximate surface area is 179 Å². The van der Waals surface area contributed by atoms with Crippen LogP contribution < -0.4 is 20.1 Å². The Morgan fingerprint density at radius 1 is 1.13 bits per heavy atom. The summed E-state index contributed by atoms with van der Waals surface area (Å²) in [5, 5.41) is 14.3. The van der Waals surface area contributed by atoms with Crippen LogP contribution in [0.2, 0.25) is 0 Å². The number of hydrogen-bond donors (Lipinski definition) is 2. The summed E-state index contributed by atoms with van der Waals surface area (Å²) < 4.78 is 10.4. The number of nitrogens with one attached hydrogen (secondary N) is 2. The lowest BCUT2D eigenvalue weighted by molar-refractivity contribution is -0.134. The number of nitrogens with zero attached hydrogens (tertiary/aromatic N) is 2. The highest BCUT2D eigenvalue weighted by atomic mass is 16.5. The van der Waals surface area contributed by atoms with E-state index in [-0.39, 0.29) is 6.54 Å². The van der Waals surface area contributed by atoms with E-state index in [2.05, 4.69) is 10.6 Å². The molecule has 0 aliphatic carbocycles. The van der Waals surface area contributed by atoms with Crippen molar-refractivity contribution in [2.75, 3.05) is 20.8 Å². The largest absolute Gasteiger partial charge is 0.493 e. The van der Waals surface area contributed by atoms with E-state index in [0.717, 1.165) is 10.5 Å². The number of carbonyl (C=O) groups excluding carboxylic acids is 3. The fourth-order valence-electron chi connectivity index (χ4n) is 3.31. The number of methoxy groups -OCH3 is 2. The Hall–Kier alpha value is -4.06. The molecule has 9 nitrogen and oxygen atoms in total. The molecule has 160 valence electrons. The number of benzene rings is 2. The van der Waals surface area contributed by atoms with Crippen molar-refractivity contribution in [2.24, 2.45) is 0 Å². The van der Waals surface area contributed by atoms with Crippen molar-refractivity contribution in [3.8, 4) is 17.6 Å². The van der Waals surface area contributed by atoms with Gasteiger partial charge in [0.2, 0.25) is 5.91 Å². The first-order valence-corrected chi connectivity index (χ1v) is 9.44.